The van der Waals surface area contributed by atoms with Crippen LogP contribution in [0.5, 0.6) is 0 Å². The Balaban J connectivity index is 1.76. The van der Waals surface area contributed by atoms with Crippen LogP contribution in [0.2, 0.25) is 0 Å². The Kier molecular flexibility index (Phi) is 6.35. The van der Waals surface area contributed by atoms with Crippen molar-refractivity contribution in [2.75, 3.05) is 4.43 Å². The van der Waals surface area contributed by atoms with E-state index in [4.69, 9.17) is 4.74 Å². The first-order chi connectivity index (χ1) is 12.6. The summed E-state index contributed by atoms with van der Waals surface area (Å²) in [6.07, 6.45) is 0.750. The molecule has 4 heteroatoms. The van der Waals surface area contributed by atoms with Crippen molar-refractivity contribution >= 4 is 28.6 Å². The molecule has 1 aliphatic heterocycles. The highest BCUT2D eigenvalue weighted by atomic mass is 127. The van der Waals surface area contributed by atoms with Crippen LogP contribution in [0.15, 0.2) is 71.9 Å². The molecule has 1 unspecified atom stereocenters. The van der Waals surface area contributed by atoms with E-state index in [0.29, 0.717) is 12.6 Å². The molecule has 136 valence electrons. The summed E-state index contributed by atoms with van der Waals surface area (Å²) in [5.74, 6) is -0.191. The number of ether oxygens (including phenoxy) is 1. The molecule has 2 aromatic rings. The second kappa shape index (κ2) is 8.71. The number of carbonyl (C=O) groups excluding carboxylic acids is 1. The Hall–Kier alpha value is -1.82. The van der Waals surface area contributed by atoms with Crippen LogP contribution in [0, 0.1) is 0 Å². The largest absolute Gasteiger partial charge is 0.457 e. The molecule has 26 heavy (non-hydrogen) atoms. The topological polar surface area (TPSA) is 29.5 Å². The number of alkyl halides is 1. The van der Waals surface area contributed by atoms with Crippen LogP contribution in [-0.4, -0.2) is 21.3 Å². The first-order valence-corrected chi connectivity index (χ1v) is 10.4. The third-order valence-corrected chi connectivity index (χ3v) is 6.01. The summed E-state index contributed by atoms with van der Waals surface area (Å²) >= 11 is 2.41. The molecule has 2 atom stereocenters. The van der Waals surface area contributed by atoms with Crippen LogP contribution in [0.4, 0.5) is 0 Å². The standard InChI is InChI=1S/C22H24INO2/c1-16(19-11-7-4-8-12-19)24-17(2)21(13-20(24)14-23)22(25)26-15-18-9-5-3-6-10-18/h3-12,16,20H,13-15H2,1-2H3/t16-,20?/m0/s1. The molecule has 3 nitrogen and oxygen atoms in total. The number of allylic oxidation sites excluding steroid dienone is 1. The van der Waals surface area contributed by atoms with Crippen molar-refractivity contribution in [2.45, 2.75) is 39.0 Å². The summed E-state index contributed by atoms with van der Waals surface area (Å²) in [6.45, 7) is 4.57. The SMILES string of the molecule is CC1=C(C(=O)OCc2ccccc2)CC(CI)N1[C@@H](C)c1ccccc1. The Morgan fingerprint density at radius 1 is 1.15 bits per heavy atom. The van der Waals surface area contributed by atoms with Crippen LogP contribution in [-0.2, 0) is 16.1 Å². The number of nitrogens with zero attached hydrogens (tertiary/aromatic N) is 1. The Labute approximate surface area is 169 Å². The molecule has 0 saturated heterocycles. The number of rotatable bonds is 6. The highest BCUT2D eigenvalue weighted by Gasteiger charge is 2.35. The van der Waals surface area contributed by atoms with Gasteiger partial charge in [0, 0.05) is 22.6 Å². The third kappa shape index (κ3) is 4.11. The van der Waals surface area contributed by atoms with Crippen LogP contribution in [0.3, 0.4) is 0 Å². The zero-order chi connectivity index (χ0) is 18.5. The maximum absolute atomic E-state index is 12.7. The molecule has 0 aliphatic carbocycles. The van der Waals surface area contributed by atoms with Crippen molar-refractivity contribution in [1.29, 1.82) is 0 Å². The lowest BCUT2D eigenvalue weighted by atomic mass is 10.1. The highest BCUT2D eigenvalue weighted by Crippen LogP contribution is 2.37. The van der Waals surface area contributed by atoms with E-state index in [1.165, 1.54) is 5.56 Å². The number of halogens is 1. The van der Waals surface area contributed by atoms with E-state index in [1.807, 2.05) is 43.3 Å². The van der Waals surface area contributed by atoms with Crippen molar-refractivity contribution in [1.82, 2.24) is 4.90 Å². The maximum Gasteiger partial charge on any atom is 0.336 e. The van der Waals surface area contributed by atoms with Gasteiger partial charge in [0.15, 0.2) is 0 Å². The van der Waals surface area contributed by atoms with E-state index in [9.17, 15) is 4.79 Å². The number of carbonyl (C=O) groups is 1. The van der Waals surface area contributed by atoms with Gasteiger partial charge in [0.05, 0.1) is 11.6 Å². The van der Waals surface area contributed by atoms with Gasteiger partial charge in [-0.15, -0.1) is 0 Å². The van der Waals surface area contributed by atoms with Gasteiger partial charge in [-0.05, 0) is 25.0 Å². The van der Waals surface area contributed by atoms with E-state index < -0.39 is 0 Å². The predicted octanol–water partition coefficient (Wildman–Crippen LogP) is 5.27. The van der Waals surface area contributed by atoms with Gasteiger partial charge in [0.1, 0.15) is 6.61 Å². The Morgan fingerprint density at radius 3 is 2.38 bits per heavy atom. The van der Waals surface area contributed by atoms with E-state index in [-0.39, 0.29) is 12.0 Å². The van der Waals surface area contributed by atoms with Crippen LogP contribution in [0.25, 0.3) is 0 Å². The van der Waals surface area contributed by atoms with Crippen LogP contribution in [0.1, 0.15) is 37.4 Å². The van der Waals surface area contributed by atoms with Gasteiger partial charge in [-0.3, -0.25) is 0 Å². The molecule has 1 heterocycles. The minimum atomic E-state index is -0.191. The summed E-state index contributed by atoms with van der Waals surface area (Å²) in [5.41, 5.74) is 4.13. The maximum atomic E-state index is 12.7. The molecule has 0 aromatic heterocycles. The second-order valence-electron chi connectivity index (χ2n) is 6.63. The highest BCUT2D eigenvalue weighted by molar-refractivity contribution is 14.1. The molecule has 0 N–H and O–H groups in total. The summed E-state index contributed by atoms with van der Waals surface area (Å²) in [5, 5.41) is 0. The van der Waals surface area contributed by atoms with E-state index in [0.717, 1.165) is 27.7 Å². The van der Waals surface area contributed by atoms with E-state index in [2.05, 4.69) is 58.7 Å². The average Bonchev–Trinajstić information content (AvgIpc) is 3.03. The molecular weight excluding hydrogens is 437 g/mol. The lowest BCUT2D eigenvalue weighted by Gasteiger charge is -2.34. The molecule has 1 aliphatic rings. The van der Waals surface area contributed by atoms with Crippen molar-refractivity contribution in [3.05, 3.63) is 83.1 Å². The second-order valence-corrected chi connectivity index (χ2v) is 7.51. The Morgan fingerprint density at radius 2 is 1.77 bits per heavy atom. The lowest BCUT2D eigenvalue weighted by Crippen LogP contribution is -2.33. The van der Waals surface area contributed by atoms with Gasteiger partial charge >= 0.3 is 5.97 Å². The molecule has 0 radical (unpaired) electrons. The van der Waals surface area contributed by atoms with Gasteiger partial charge in [-0.25, -0.2) is 4.79 Å². The van der Waals surface area contributed by atoms with E-state index in [1.54, 1.807) is 0 Å². The van der Waals surface area contributed by atoms with Crippen LogP contribution < -0.4 is 0 Å². The Bertz CT molecular complexity index is 773. The van der Waals surface area contributed by atoms with Gasteiger partial charge in [0.25, 0.3) is 0 Å². The molecular formula is C22H24INO2. The van der Waals surface area contributed by atoms with Crippen molar-refractivity contribution in [3.8, 4) is 0 Å². The predicted molar refractivity (Wildman–Crippen MR) is 113 cm³/mol. The minimum absolute atomic E-state index is 0.191. The monoisotopic (exact) mass is 461 g/mol. The first kappa shape index (κ1) is 19.0. The quantitative estimate of drug-likeness (QED) is 0.333. The van der Waals surface area contributed by atoms with Crippen molar-refractivity contribution in [3.63, 3.8) is 0 Å². The number of hydrogen-bond donors (Lipinski definition) is 0. The smallest absolute Gasteiger partial charge is 0.336 e. The number of esters is 1. The summed E-state index contributed by atoms with van der Waals surface area (Å²) in [4.78, 5) is 15.1. The molecule has 0 fully saturated rings. The van der Waals surface area contributed by atoms with Crippen molar-refractivity contribution < 1.29 is 9.53 Å². The zero-order valence-corrected chi connectivity index (χ0v) is 17.3. The summed E-state index contributed by atoms with van der Waals surface area (Å²) in [6, 6.07) is 20.8. The van der Waals surface area contributed by atoms with E-state index >= 15 is 0 Å². The fourth-order valence-corrected chi connectivity index (χ4v) is 4.32. The fraction of sp³-hybridized carbons (Fsp3) is 0.318. The first-order valence-electron chi connectivity index (χ1n) is 8.92. The summed E-state index contributed by atoms with van der Waals surface area (Å²) in [7, 11) is 0. The molecule has 0 saturated carbocycles. The molecule has 3 rings (SSSR count). The zero-order valence-electron chi connectivity index (χ0n) is 15.2. The van der Waals surface area contributed by atoms with Crippen molar-refractivity contribution in [2.24, 2.45) is 0 Å². The lowest BCUT2D eigenvalue weighted by molar-refractivity contribution is -0.140. The van der Waals surface area contributed by atoms with Gasteiger partial charge in [-0.1, -0.05) is 83.3 Å². The normalized spacial score (nSPS) is 18.1. The molecule has 0 spiro atoms. The molecule has 0 bridgehead atoms. The van der Waals surface area contributed by atoms with Crippen LogP contribution >= 0.6 is 22.6 Å². The average molecular weight is 461 g/mol. The summed E-state index contributed by atoms with van der Waals surface area (Å²) < 4.78 is 6.56. The van der Waals surface area contributed by atoms with Gasteiger partial charge < -0.3 is 9.64 Å². The van der Waals surface area contributed by atoms with Gasteiger partial charge in [0.2, 0.25) is 0 Å². The molecule has 2 aromatic carbocycles. The number of hydrogen-bond acceptors (Lipinski definition) is 3. The third-order valence-electron chi connectivity index (χ3n) is 4.99. The van der Waals surface area contributed by atoms with Gasteiger partial charge in [-0.2, -0.15) is 0 Å². The number of benzene rings is 2. The minimum Gasteiger partial charge on any atom is -0.457 e. The fourth-order valence-electron chi connectivity index (χ4n) is 3.58. The molecule has 0 amide bonds.